The third-order valence-electron chi connectivity index (χ3n) is 5.86. The molecule has 0 aliphatic carbocycles. The molecule has 0 amide bonds. The minimum absolute atomic E-state index is 0.00662. The molecule has 2 heterocycles. The number of nitrogens with one attached hydrogen (secondary N) is 2. The standard InChI is InChI=1S/C30H20N6O2S2/c1-32-26-25(22-10-6-3-7-11-22)34-30(36-28(26)38)40-18-20-14-12-19(13-15-20)17-39-29-33-24(21-8-4-2-5-9-21)23(16-31)27(37)35-29/h2-15H,17-18H2,(H,33,35,37)(H,34,36,38). The highest BCUT2D eigenvalue weighted by molar-refractivity contribution is 7.98. The van der Waals surface area contributed by atoms with Crippen LogP contribution in [0.4, 0.5) is 5.69 Å². The molecule has 10 heteroatoms. The van der Waals surface area contributed by atoms with Gasteiger partial charge in [-0.15, -0.1) is 0 Å². The van der Waals surface area contributed by atoms with E-state index in [0.29, 0.717) is 38.8 Å². The van der Waals surface area contributed by atoms with Crippen molar-refractivity contribution in [3.05, 3.63) is 134 Å². The molecule has 40 heavy (non-hydrogen) atoms. The van der Waals surface area contributed by atoms with E-state index in [4.69, 9.17) is 6.57 Å². The lowest BCUT2D eigenvalue weighted by Gasteiger charge is -2.08. The first kappa shape index (κ1) is 26.7. The lowest BCUT2D eigenvalue weighted by Crippen LogP contribution is -2.14. The molecular formula is C30H20N6O2S2. The molecule has 0 aliphatic heterocycles. The zero-order chi connectivity index (χ0) is 27.9. The van der Waals surface area contributed by atoms with Crippen LogP contribution in [0.25, 0.3) is 27.4 Å². The van der Waals surface area contributed by atoms with Crippen LogP contribution in [-0.4, -0.2) is 19.9 Å². The zero-order valence-electron chi connectivity index (χ0n) is 20.9. The molecule has 5 rings (SSSR count). The van der Waals surface area contributed by atoms with E-state index in [9.17, 15) is 14.9 Å². The highest BCUT2D eigenvalue weighted by Gasteiger charge is 2.15. The van der Waals surface area contributed by atoms with Gasteiger partial charge in [0.05, 0.1) is 18.0 Å². The number of aromatic nitrogens is 4. The molecule has 0 aliphatic rings. The van der Waals surface area contributed by atoms with Gasteiger partial charge in [-0.05, 0) is 16.7 Å². The fourth-order valence-corrected chi connectivity index (χ4v) is 5.51. The number of hydrogen-bond acceptors (Lipinski definition) is 7. The first-order chi connectivity index (χ1) is 19.6. The molecule has 0 fully saturated rings. The van der Waals surface area contributed by atoms with E-state index >= 15 is 0 Å². The van der Waals surface area contributed by atoms with Crippen molar-refractivity contribution < 1.29 is 0 Å². The summed E-state index contributed by atoms with van der Waals surface area (Å²) >= 11 is 2.77. The second-order valence-electron chi connectivity index (χ2n) is 8.51. The van der Waals surface area contributed by atoms with Crippen molar-refractivity contribution in [3.8, 4) is 28.6 Å². The average molecular weight is 561 g/mol. The molecule has 0 spiro atoms. The summed E-state index contributed by atoms with van der Waals surface area (Å²) in [7, 11) is 0. The average Bonchev–Trinajstić information content (AvgIpc) is 3.00. The molecular weight excluding hydrogens is 541 g/mol. The molecule has 0 saturated heterocycles. The minimum Gasteiger partial charge on any atom is -0.311 e. The van der Waals surface area contributed by atoms with Gasteiger partial charge in [-0.2, -0.15) is 5.26 Å². The first-order valence-electron chi connectivity index (χ1n) is 12.1. The van der Waals surface area contributed by atoms with Crippen LogP contribution in [0.2, 0.25) is 0 Å². The number of nitriles is 1. The Kier molecular flexibility index (Phi) is 8.21. The second kappa shape index (κ2) is 12.3. The number of thioether (sulfide) groups is 2. The Morgan fingerprint density at radius 3 is 1.70 bits per heavy atom. The molecule has 0 radical (unpaired) electrons. The Morgan fingerprint density at radius 2 is 1.20 bits per heavy atom. The van der Waals surface area contributed by atoms with Gasteiger partial charge < -0.3 is 9.97 Å². The molecule has 8 nitrogen and oxygen atoms in total. The summed E-state index contributed by atoms with van der Waals surface area (Å²) in [5, 5.41) is 10.3. The van der Waals surface area contributed by atoms with Gasteiger partial charge in [-0.1, -0.05) is 108 Å². The fraction of sp³-hybridized carbons (Fsp3) is 0.0667. The summed E-state index contributed by atoms with van der Waals surface area (Å²) in [5.74, 6) is 1.15. The Bertz CT molecular complexity index is 1720. The van der Waals surface area contributed by atoms with Crippen LogP contribution >= 0.6 is 23.5 Å². The Morgan fingerprint density at radius 1 is 0.725 bits per heavy atom. The van der Waals surface area contributed by atoms with E-state index in [2.05, 4.69) is 24.8 Å². The number of hydrogen-bond donors (Lipinski definition) is 2. The van der Waals surface area contributed by atoms with Gasteiger partial charge in [0.1, 0.15) is 11.6 Å². The number of rotatable bonds is 8. The summed E-state index contributed by atoms with van der Waals surface area (Å²) in [6.45, 7) is 7.39. The van der Waals surface area contributed by atoms with Crippen molar-refractivity contribution in [3.63, 3.8) is 0 Å². The number of aromatic amines is 2. The van der Waals surface area contributed by atoms with Crippen molar-refractivity contribution in [2.75, 3.05) is 0 Å². The lowest BCUT2D eigenvalue weighted by atomic mass is 10.1. The van der Waals surface area contributed by atoms with E-state index in [-0.39, 0.29) is 11.3 Å². The van der Waals surface area contributed by atoms with Crippen molar-refractivity contribution >= 4 is 29.2 Å². The van der Waals surface area contributed by atoms with Crippen molar-refractivity contribution in [2.24, 2.45) is 0 Å². The predicted molar refractivity (Wildman–Crippen MR) is 157 cm³/mol. The summed E-state index contributed by atoms with van der Waals surface area (Å²) < 4.78 is 0. The number of H-pyrrole nitrogens is 2. The number of benzene rings is 3. The summed E-state index contributed by atoms with van der Waals surface area (Å²) in [4.78, 5) is 42.9. The summed E-state index contributed by atoms with van der Waals surface area (Å²) in [6, 6.07) is 28.3. The highest BCUT2D eigenvalue weighted by atomic mass is 32.2. The number of nitrogens with zero attached hydrogens (tertiary/aromatic N) is 4. The van der Waals surface area contributed by atoms with E-state index in [0.717, 1.165) is 16.7 Å². The molecule has 0 saturated carbocycles. The predicted octanol–water partition coefficient (Wildman–Crippen LogP) is 6.19. The van der Waals surface area contributed by atoms with Gasteiger partial charge in [0.2, 0.25) is 0 Å². The van der Waals surface area contributed by atoms with E-state index in [1.807, 2.05) is 91.0 Å². The molecule has 2 aromatic heterocycles. The molecule has 194 valence electrons. The maximum Gasteiger partial charge on any atom is 0.276 e. The van der Waals surface area contributed by atoms with Gasteiger partial charge in [-0.3, -0.25) is 9.59 Å². The second-order valence-corrected chi connectivity index (χ2v) is 10.4. The smallest absolute Gasteiger partial charge is 0.276 e. The first-order valence-corrected chi connectivity index (χ1v) is 14.0. The van der Waals surface area contributed by atoms with Crippen molar-refractivity contribution in [1.29, 1.82) is 5.26 Å². The van der Waals surface area contributed by atoms with E-state index < -0.39 is 11.1 Å². The van der Waals surface area contributed by atoms with Gasteiger partial charge in [0.25, 0.3) is 16.8 Å². The van der Waals surface area contributed by atoms with Crippen LogP contribution in [-0.2, 0) is 11.5 Å². The maximum atomic E-state index is 12.5. The monoisotopic (exact) mass is 560 g/mol. The third-order valence-corrected chi connectivity index (χ3v) is 7.75. The van der Waals surface area contributed by atoms with Crippen LogP contribution < -0.4 is 11.1 Å². The Hall–Kier alpha value is -4.90. The van der Waals surface area contributed by atoms with E-state index in [1.54, 1.807) is 0 Å². The largest absolute Gasteiger partial charge is 0.311 e. The minimum atomic E-state index is -0.460. The molecule has 0 atom stereocenters. The van der Waals surface area contributed by atoms with Crippen LogP contribution in [0, 0.1) is 17.9 Å². The summed E-state index contributed by atoms with van der Waals surface area (Å²) in [5.41, 5.74) is 3.30. The maximum absolute atomic E-state index is 12.5. The van der Waals surface area contributed by atoms with Crippen LogP contribution in [0.15, 0.2) is 105 Å². The molecule has 2 N–H and O–H groups in total. The van der Waals surface area contributed by atoms with Gasteiger partial charge >= 0.3 is 0 Å². The Balaban J connectivity index is 1.27. The lowest BCUT2D eigenvalue weighted by molar-refractivity contribution is 0.934. The van der Waals surface area contributed by atoms with Crippen molar-refractivity contribution in [2.45, 2.75) is 21.8 Å². The van der Waals surface area contributed by atoms with Crippen LogP contribution in [0.5, 0.6) is 0 Å². The summed E-state index contributed by atoms with van der Waals surface area (Å²) in [6.07, 6.45) is 0. The van der Waals surface area contributed by atoms with Gasteiger partial charge in [-0.25, -0.2) is 14.8 Å². The fourth-order valence-electron chi connectivity index (χ4n) is 3.88. The molecule has 0 bridgehead atoms. The SMILES string of the molecule is [C-]#[N+]c1c(-c2ccccc2)nc(SCc2ccc(CSc3nc(-c4ccccc4)c(C#N)c(=O)[nH]3)cc2)[nH]c1=O. The normalized spacial score (nSPS) is 10.6. The van der Waals surface area contributed by atoms with Crippen LogP contribution in [0.1, 0.15) is 16.7 Å². The topological polar surface area (TPSA) is 120 Å². The quantitative estimate of drug-likeness (QED) is 0.132. The van der Waals surface area contributed by atoms with E-state index in [1.165, 1.54) is 23.5 Å². The van der Waals surface area contributed by atoms with Gasteiger partial charge in [0, 0.05) is 17.1 Å². The molecule has 5 aromatic rings. The third kappa shape index (κ3) is 6.05. The Labute approximate surface area is 238 Å². The van der Waals surface area contributed by atoms with Gasteiger partial charge in [0.15, 0.2) is 10.3 Å². The molecule has 3 aromatic carbocycles. The van der Waals surface area contributed by atoms with Crippen LogP contribution in [0.3, 0.4) is 0 Å². The van der Waals surface area contributed by atoms with Crippen molar-refractivity contribution in [1.82, 2.24) is 19.9 Å². The highest BCUT2D eigenvalue weighted by Crippen LogP contribution is 2.29. The zero-order valence-corrected chi connectivity index (χ0v) is 22.6. The molecule has 0 unspecified atom stereocenters.